The highest BCUT2D eigenvalue weighted by Crippen LogP contribution is 2.31. The van der Waals surface area contributed by atoms with Crippen LogP contribution in [0.4, 0.5) is 17.5 Å². The normalized spacial score (nSPS) is 14.2. The first-order chi connectivity index (χ1) is 18.2. The molecule has 0 spiro atoms. The van der Waals surface area contributed by atoms with Crippen LogP contribution in [0.3, 0.4) is 0 Å². The van der Waals surface area contributed by atoms with Crippen LogP contribution in [0.2, 0.25) is 0 Å². The van der Waals surface area contributed by atoms with E-state index in [1.165, 1.54) is 0 Å². The number of aromatic nitrogens is 4. The van der Waals surface area contributed by atoms with E-state index in [2.05, 4.69) is 25.8 Å². The molecule has 4 aromatic rings. The molecule has 1 amide bonds. The molecule has 0 fully saturated rings. The van der Waals surface area contributed by atoms with E-state index in [1.807, 2.05) is 69.3 Å². The number of benzene rings is 2. The van der Waals surface area contributed by atoms with E-state index < -0.39 is 6.04 Å². The standard InChI is InChI=1S/C28H31N7O3/c1-28(2,3)26-33-25(38-34-26)21-14-29-27(32-24(21)31-22(16-36)17-8-6-5-7-9-17)30-20-11-10-18-13-23(37)35(4)15-19(18)12-20/h5-12,14,22,36H,13,15-16H2,1-4H3,(H2,29,30,31,32)/t22-/m1/s1. The molecule has 10 heteroatoms. The van der Waals surface area contributed by atoms with Crippen molar-refractivity contribution in [2.45, 2.75) is 45.2 Å². The van der Waals surface area contributed by atoms with Gasteiger partial charge in [0.25, 0.3) is 5.89 Å². The second kappa shape index (κ2) is 10.2. The van der Waals surface area contributed by atoms with Gasteiger partial charge in [-0.1, -0.05) is 62.3 Å². The SMILES string of the molecule is CN1Cc2cc(Nc3ncc(-c4nc(C(C)(C)C)no4)c(N[C@H](CO)c4ccccc4)n3)ccc2CC1=O. The van der Waals surface area contributed by atoms with Gasteiger partial charge in [-0.3, -0.25) is 4.79 Å². The first-order valence-corrected chi connectivity index (χ1v) is 12.5. The first-order valence-electron chi connectivity index (χ1n) is 12.5. The first kappa shape index (κ1) is 25.3. The van der Waals surface area contributed by atoms with E-state index in [0.717, 1.165) is 22.4 Å². The van der Waals surface area contributed by atoms with E-state index in [1.54, 1.807) is 18.1 Å². The number of nitrogens with one attached hydrogen (secondary N) is 2. The van der Waals surface area contributed by atoms with Gasteiger partial charge in [0, 0.05) is 30.9 Å². The molecule has 3 N–H and O–H groups in total. The Morgan fingerprint density at radius 3 is 2.61 bits per heavy atom. The second-order valence-corrected chi connectivity index (χ2v) is 10.5. The number of anilines is 3. The maximum absolute atomic E-state index is 12.0. The lowest BCUT2D eigenvalue weighted by Crippen LogP contribution is -2.32. The quantitative estimate of drug-likeness (QED) is 0.332. The molecule has 38 heavy (non-hydrogen) atoms. The van der Waals surface area contributed by atoms with E-state index >= 15 is 0 Å². The average molecular weight is 514 g/mol. The van der Waals surface area contributed by atoms with Gasteiger partial charge in [0.2, 0.25) is 11.9 Å². The zero-order valence-electron chi connectivity index (χ0n) is 21.9. The lowest BCUT2D eigenvalue weighted by atomic mass is 9.96. The van der Waals surface area contributed by atoms with Gasteiger partial charge in [-0.05, 0) is 28.8 Å². The summed E-state index contributed by atoms with van der Waals surface area (Å²) >= 11 is 0. The maximum Gasteiger partial charge on any atom is 0.263 e. The number of hydrogen-bond acceptors (Lipinski definition) is 9. The summed E-state index contributed by atoms with van der Waals surface area (Å²) in [5, 5.41) is 20.9. The molecule has 1 atom stereocenters. The van der Waals surface area contributed by atoms with Crippen LogP contribution in [-0.4, -0.2) is 49.7 Å². The molecule has 2 aromatic carbocycles. The highest BCUT2D eigenvalue weighted by Gasteiger charge is 2.25. The maximum atomic E-state index is 12.0. The Kier molecular flexibility index (Phi) is 6.81. The van der Waals surface area contributed by atoms with Gasteiger partial charge >= 0.3 is 0 Å². The van der Waals surface area contributed by atoms with Crippen LogP contribution in [0, 0.1) is 0 Å². The number of fused-ring (bicyclic) bond motifs is 1. The molecule has 10 nitrogen and oxygen atoms in total. The number of aliphatic hydroxyl groups is 1. The van der Waals surface area contributed by atoms with E-state index in [9.17, 15) is 9.90 Å². The van der Waals surface area contributed by atoms with Crippen LogP contribution >= 0.6 is 0 Å². The summed E-state index contributed by atoms with van der Waals surface area (Å²) in [6.45, 7) is 6.43. The monoisotopic (exact) mass is 513 g/mol. The van der Waals surface area contributed by atoms with Crippen LogP contribution in [-0.2, 0) is 23.2 Å². The van der Waals surface area contributed by atoms with Crippen LogP contribution < -0.4 is 10.6 Å². The Morgan fingerprint density at radius 2 is 1.89 bits per heavy atom. The summed E-state index contributed by atoms with van der Waals surface area (Å²) in [6.07, 6.45) is 2.02. The fourth-order valence-corrected chi connectivity index (χ4v) is 4.22. The molecule has 3 heterocycles. The van der Waals surface area contributed by atoms with Gasteiger partial charge in [-0.25, -0.2) is 4.98 Å². The third-order valence-electron chi connectivity index (χ3n) is 6.45. The smallest absolute Gasteiger partial charge is 0.263 e. The van der Waals surface area contributed by atoms with Crippen LogP contribution in [0.15, 0.2) is 59.3 Å². The molecule has 0 aliphatic carbocycles. The zero-order chi connectivity index (χ0) is 26.9. The molecule has 0 bridgehead atoms. The summed E-state index contributed by atoms with van der Waals surface area (Å²) in [5.74, 6) is 1.77. The number of carbonyl (C=O) groups is 1. The highest BCUT2D eigenvalue weighted by atomic mass is 16.5. The lowest BCUT2D eigenvalue weighted by molar-refractivity contribution is -0.130. The Balaban J connectivity index is 1.49. The summed E-state index contributed by atoms with van der Waals surface area (Å²) in [7, 11) is 1.80. The van der Waals surface area contributed by atoms with Crippen molar-refractivity contribution in [2.24, 2.45) is 0 Å². The Labute approximate surface area is 221 Å². The number of nitrogens with zero attached hydrogens (tertiary/aromatic N) is 5. The Bertz CT molecular complexity index is 1450. The predicted molar refractivity (Wildman–Crippen MR) is 144 cm³/mol. The molecule has 1 aliphatic heterocycles. The fraction of sp³-hybridized carbons (Fsp3) is 0.321. The van der Waals surface area contributed by atoms with Gasteiger partial charge in [0.1, 0.15) is 11.4 Å². The van der Waals surface area contributed by atoms with Gasteiger partial charge in [-0.15, -0.1) is 0 Å². The van der Waals surface area contributed by atoms with Gasteiger partial charge < -0.3 is 25.2 Å². The van der Waals surface area contributed by atoms with Crippen LogP contribution in [0.1, 0.15) is 49.3 Å². The number of aliphatic hydroxyl groups excluding tert-OH is 1. The Morgan fingerprint density at radius 1 is 1.11 bits per heavy atom. The number of amides is 1. The van der Waals surface area contributed by atoms with Crippen molar-refractivity contribution in [1.29, 1.82) is 0 Å². The third kappa shape index (κ3) is 5.35. The molecule has 0 saturated heterocycles. The molecule has 0 saturated carbocycles. The van der Waals surface area contributed by atoms with E-state index in [-0.39, 0.29) is 23.8 Å². The van der Waals surface area contributed by atoms with E-state index in [0.29, 0.717) is 36.1 Å². The highest BCUT2D eigenvalue weighted by molar-refractivity contribution is 5.81. The molecule has 2 aromatic heterocycles. The molecular weight excluding hydrogens is 482 g/mol. The molecular formula is C28H31N7O3. The molecule has 1 aliphatic rings. The van der Waals surface area contributed by atoms with Gasteiger partial charge in [-0.2, -0.15) is 9.97 Å². The molecule has 0 radical (unpaired) electrons. The van der Waals surface area contributed by atoms with Crippen molar-refractivity contribution >= 4 is 23.4 Å². The van der Waals surface area contributed by atoms with Crippen molar-refractivity contribution in [1.82, 2.24) is 25.0 Å². The van der Waals surface area contributed by atoms with Crippen LogP contribution in [0.5, 0.6) is 0 Å². The summed E-state index contributed by atoms with van der Waals surface area (Å²) in [5.41, 5.74) is 4.05. The Hall–Kier alpha value is -4.31. The second-order valence-electron chi connectivity index (χ2n) is 10.5. The molecule has 0 unspecified atom stereocenters. The number of rotatable bonds is 7. The van der Waals surface area contributed by atoms with Crippen molar-refractivity contribution in [3.05, 3.63) is 77.2 Å². The zero-order valence-corrected chi connectivity index (χ0v) is 21.9. The summed E-state index contributed by atoms with van der Waals surface area (Å²) in [4.78, 5) is 27.6. The van der Waals surface area contributed by atoms with Crippen LogP contribution in [0.25, 0.3) is 11.5 Å². The predicted octanol–water partition coefficient (Wildman–Crippen LogP) is 4.23. The third-order valence-corrected chi connectivity index (χ3v) is 6.45. The average Bonchev–Trinajstić information content (AvgIpc) is 3.40. The van der Waals surface area contributed by atoms with E-state index in [4.69, 9.17) is 9.51 Å². The minimum Gasteiger partial charge on any atom is -0.394 e. The minimum atomic E-state index is -0.417. The van der Waals surface area contributed by atoms with Crippen molar-refractivity contribution in [3.8, 4) is 11.5 Å². The minimum absolute atomic E-state index is 0.111. The summed E-state index contributed by atoms with van der Waals surface area (Å²) < 4.78 is 5.58. The largest absolute Gasteiger partial charge is 0.394 e. The number of likely N-dealkylation sites (N-methyl/N-ethyl adjacent to an activating group) is 1. The fourth-order valence-electron chi connectivity index (χ4n) is 4.22. The topological polar surface area (TPSA) is 129 Å². The number of hydrogen-bond donors (Lipinski definition) is 3. The summed E-state index contributed by atoms with van der Waals surface area (Å²) in [6, 6.07) is 15.1. The number of carbonyl (C=O) groups excluding carboxylic acids is 1. The van der Waals surface area contributed by atoms with Crippen molar-refractivity contribution in [3.63, 3.8) is 0 Å². The van der Waals surface area contributed by atoms with Gasteiger partial charge in [0.15, 0.2) is 5.82 Å². The van der Waals surface area contributed by atoms with Gasteiger partial charge in [0.05, 0.1) is 19.1 Å². The molecule has 196 valence electrons. The lowest BCUT2D eigenvalue weighted by Gasteiger charge is -2.25. The molecule has 5 rings (SSSR count). The van der Waals surface area contributed by atoms with Crippen molar-refractivity contribution in [2.75, 3.05) is 24.3 Å². The van der Waals surface area contributed by atoms with Crippen molar-refractivity contribution < 1.29 is 14.4 Å².